The predicted octanol–water partition coefficient (Wildman–Crippen LogP) is 0.364. The summed E-state index contributed by atoms with van der Waals surface area (Å²) in [6, 6.07) is 5.86. The zero-order valence-electron chi connectivity index (χ0n) is 16.8. The van der Waals surface area contributed by atoms with Gasteiger partial charge < -0.3 is 9.64 Å². The molecule has 3 rings (SSSR count). The molecule has 2 aliphatic rings. The van der Waals surface area contributed by atoms with E-state index in [4.69, 9.17) is 10.00 Å². The number of hydrogen-bond donors (Lipinski definition) is 1. The summed E-state index contributed by atoms with van der Waals surface area (Å²) in [5, 5.41) is 18.6. The monoisotopic (exact) mass is 455 g/mol. The van der Waals surface area contributed by atoms with E-state index in [0.717, 1.165) is 0 Å². The van der Waals surface area contributed by atoms with Crippen molar-refractivity contribution in [2.24, 2.45) is 0 Å². The number of anilines is 2. The molecule has 2 amide bonds. The van der Waals surface area contributed by atoms with E-state index < -0.39 is 39.7 Å². The van der Waals surface area contributed by atoms with Gasteiger partial charge in [0.25, 0.3) is 0 Å². The van der Waals surface area contributed by atoms with Gasteiger partial charge in [-0.25, -0.2) is 22.7 Å². The molecule has 0 aromatic heterocycles. The van der Waals surface area contributed by atoms with Gasteiger partial charge in [-0.1, -0.05) is 0 Å². The smallest absolute Gasteiger partial charge is 0.414 e. The Morgan fingerprint density at radius 2 is 2.03 bits per heavy atom. The van der Waals surface area contributed by atoms with Crippen molar-refractivity contribution in [2.75, 3.05) is 54.8 Å². The minimum atomic E-state index is -3.64. The number of nitrogens with zero attached hydrogens (tertiary/aromatic N) is 5. The van der Waals surface area contributed by atoms with Crippen molar-refractivity contribution in [3.05, 3.63) is 24.0 Å². The second kappa shape index (κ2) is 9.04. The molecule has 13 heteroatoms. The number of halogens is 1. The fourth-order valence-corrected chi connectivity index (χ4v) is 4.51. The number of nitriles is 1. The highest BCUT2D eigenvalue weighted by atomic mass is 32.2. The molecule has 2 saturated heterocycles. The number of piperazine rings is 1. The van der Waals surface area contributed by atoms with Gasteiger partial charge >= 0.3 is 6.09 Å². The summed E-state index contributed by atoms with van der Waals surface area (Å²) in [7, 11) is -3.64. The lowest BCUT2D eigenvalue weighted by Crippen LogP contribution is -2.49. The lowest BCUT2D eigenvalue weighted by atomic mass is 10.2. The Morgan fingerprint density at radius 1 is 1.35 bits per heavy atom. The van der Waals surface area contributed by atoms with Crippen LogP contribution in [0.3, 0.4) is 0 Å². The van der Waals surface area contributed by atoms with E-state index in [9.17, 15) is 27.6 Å². The van der Waals surface area contributed by atoms with Crippen LogP contribution in [0.4, 0.5) is 20.6 Å². The lowest BCUT2D eigenvalue weighted by molar-refractivity contribution is -0.166. The van der Waals surface area contributed by atoms with Crippen LogP contribution in [0.15, 0.2) is 18.2 Å². The first-order valence-electron chi connectivity index (χ1n) is 9.47. The van der Waals surface area contributed by atoms with Crippen molar-refractivity contribution in [2.45, 2.75) is 13.0 Å². The maximum atomic E-state index is 14.8. The van der Waals surface area contributed by atoms with E-state index in [-0.39, 0.29) is 50.6 Å². The molecule has 1 atom stereocenters. The molecule has 0 unspecified atom stereocenters. The van der Waals surface area contributed by atoms with Gasteiger partial charge in [0.15, 0.2) is 5.75 Å². The first-order valence-corrected chi connectivity index (χ1v) is 11.1. The zero-order valence-corrected chi connectivity index (χ0v) is 17.6. The molecule has 0 radical (unpaired) electrons. The number of amides is 2. The topological polar surface area (TPSA) is 134 Å². The fourth-order valence-electron chi connectivity index (χ4n) is 3.45. The summed E-state index contributed by atoms with van der Waals surface area (Å²) in [4.78, 5) is 26.1. The standard InChI is InChI=1S/C18H22FN5O6S/c1-13(25)24(27)12-15-11-23(18(26)30-15)14-2-3-17(16(19)10-14)21-5-7-22(8-6-21)31(28,29)9-4-20/h2-3,10,15,27H,5-9,11-12H2,1H3/t15-/m0/s1. The van der Waals surface area contributed by atoms with Crippen LogP contribution in [-0.4, -0.2) is 86.1 Å². The highest BCUT2D eigenvalue weighted by Gasteiger charge is 2.34. The molecule has 0 aliphatic carbocycles. The Hall–Kier alpha value is -2.95. The number of rotatable bonds is 6. The molecule has 2 fully saturated rings. The van der Waals surface area contributed by atoms with E-state index in [1.165, 1.54) is 28.3 Å². The highest BCUT2D eigenvalue weighted by Crippen LogP contribution is 2.29. The largest absolute Gasteiger partial charge is 0.442 e. The average Bonchev–Trinajstić information content (AvgIpc) is 3.08. The van der Waals surface area contributed by atoms with Crippen molar-refractivity contribution >= 4 is 33.4 Å². The van der Waals surface area contributed by atoms with E-state index in [0.29, 0.717) is 5.06 Å². The molecule has 31 heavy (non-hydrogen) atoms. The van der Waals surface area contributed by atoms with E-state index in [1.807, 2.05) is 0 Å². The van der Waals surface area contributed by atoms with E-state index in [1.54, 1.807) is 17.0 Å². The van der Waals surface area contributed by atoms with Gasteiger partial charge in [-0.15, -0.1) is 0 Å². The van der Waals surface area contributed by atoms with Crippen LogP contribution in [0.1, 0.15) is 6.92 Å². The number of sulfonamides is 1. The van der Waals surface area contributed by atoms with E-state index >= 15 is 0 Å². The SMILES string of the molecule is CC(=O)N(O)C[C@@H]1CN(c2ccc(N3CCN(S(=O)(=O)CC#N)CC3)c(F)c2)C(=O)O1. The average molecular weight is 455 g/mol. The molecule has 2 aliphatic heterocycles. The first kappa shape index (κ1) is 22.7. The third-order valence-corrected chi connectivity index (χ3v) is 6.72. The van der Waals surface area contributed by atoms with Gasteiger partial charge in [-0.05, 0) is 18.2 Å². The number of cyclic esters (lactones) is 1. The predicted molar refractivity (Wildman–Crippen MR) is 106 cm³/mol. The Morgan fingerprint density at radius 3 is 2.61 bits per heavy atom. The first-order chi connectivity index (χ1) is 14.6. The Labute approximate surface area is 178 Å². The third-order valence-electron chi connectivity index (χ3n) is 5.08. The van der Waals surface area contributed by atoms with E-state index in [2.05, 4.69) is 0 Å². The van der Waals surface area contributed by atoms with Crippen LogP contribution in [0.2, 0.25) is 0 Å². The molecule has 1 aromatic carbocycles. The number of hydroxylamine groups is 2. The van der Waals surface area contributed by atoms with Gasteiger partial charge in [-0.2, -0.15) is 9.57 Å². The van der Waals surface area contributed by atoms with Gasteiger partial charge in [0.1, 0.15) is 11.9 Å². The van der Waals surface area contributed by atoms with Crippen molar-refractivity contribution < 1.29 is 32.3 Å². The minimum Gasteiger partial charge on any atom is -0.442 e. The summed E-state index contributed by atoms with van der Waals surface area (Å²) in [6.45, 7) is 1.80. The quantitative estimate of drug-likeness (QED) is 0.480. The molecular weight excluding hydrogens is 433 g/mol. The summed E-state index contributed by atoms with van der Waals surface area (Å²) in [5.41, 5.74) is 0.527. The number of benzene rings is 1. The van der Waals surface area contributed by atoms with Gasteiger partial charge in [0.2, 0.25) is 15.9 Å². The zero-order chi connectivity index (χ0) is 22.8. The maximum Gasteiger partial charge on any atom is 0.414 e. The number of carbonyl (C=O) groups excluding carboxylic acids is 2. The molecular formula is C18H22FN5O6S. The highest BCUT2D eigenvalue weighted by molar-refractivity contribution is 7.89. The maximum absolute atomic E-state index is 14.8. The van der Waals surface area contributed by atoms with Crippen molar-refractivity contribution in [1.29, 1.82) is 5.26 Å². The van der Waals surface area contributed by atoms with Crippen LogP contribution < -0.4 is 9.80 Å². The van der Waals surface area contributed by atoms with Crippen LogP contribution in [0.25, 0.3) is 0 Å². The normalized spacial score (nSPS) is 19.8. The summed E-state index contributed by atoms with van der Waals surface area (Å²) in [6.07, 6.45) is -1.47. The third kappa shape index (κ3) is 5.04. The second-order valence-electron chi connectivity index (χ2n) is 7.15. The number of carbonyl (C=O) groups is 2. The van der Waals surface area contributed by atoms with Crippen molar-refractivity contribution in [3.63, 3.8) is 0 Å². The van der Waals surface area contributed by atoms with Gasteiger partial charge in [0.05, 0.1) is 30.5 Å². The molecule has 11 nitrogen and oxygen atoms in total. The summed E-state index contributed by atoms with van der Waals surface area (Å²) >= 11 is 0. The Bertz CT molecular complexity index is 1010. The van der Waals surface area contributed by atoms with Crippen LogP contribution in [-0.2, 0) is 19.6 Å². The van der Waals surface area contributed by atoms with Crippen molar-refractivity contribution in [1.82, 2.24) is 9.37 Å². The Balaban J connectivity index is 1.65. The second-order valence-corrected chi connectivity index (χ2v) is 9.12. The molecule has 168 valence electrons. The molecule has 2 heterocycles. The minimum absolute atomic E-state index is 0.0391. The molecule has 0 bridgehead atoms. The number of hydrogen-bond acceptors (Lipinski definition) is 8. The molecule has 1 N–H and O–H groups in total. The Kier molecular flexibility index (Phi) is 6.63. The van der Waals surface area contributed by atoms with Crippen LogP contribution in [0, 0.1) is 17.1 Å². The van der Waals surface area contributed by atoms with Gasteiger partial charge in [-0.3, -0.25) is 14.9 Å². The fraction of sp³-hybridized carbons (Fsp3) is 0.500. The van der Waals surface area contributed by atoms with Crippen LogP contribution >= 0.6 is 0 Å². The van der Waals surface area contributed by atoms with Crippen LogP contribution in [0.5, 0.6) is 0 Å². The van der Waals surface area contributed by atoms with Crippen molar-refractivity contribution in [3.8, 4) is 6.07 Å². The summed E-state index contributed by atoms with van der Waals surface area (Å²) in [5.74, 6) is -1.77. The molecule has 0 spiro atoms. The van der Waals surface area contributed by atoms with Gasteiger partial charge in [0, 0.05) is 33.1 Å². The number of ether oxygens (including phenoxy) is 1. The summed E-state index contributed by atoms with van der Waals surface area (Å²) < 4.78 is 45.1. The molecule has 0 saturated carbocycles. The molecule has 1 aromatic rings. The lowest BCUT2D eigenvalue weighted by Gasteiger charge is -2.35.